The molecule has 252 valence electrons. The lowest BCUT2D eigenvalue weighted by Gasteiger charge is -2.36. The Morgan fingerprint density at radius 1 is 0.609 bits per heavy atom. The Morgan fingerprint density at radius 2 is 1.04 bits per heavy atom. The van der Waals surface area contributed by atoms with Crippen LogP contribution in [0.25, 0.3) is 0 Å². The van der Waals surface area contributed by atoms with Gasteiger partial charge in [-0.2, -0.15) is 0 Å². The highest BCUT2D eigenvalue weighted by atomic mass is 16.5. The summed E-state index contributed by atoms with van der Waals surface area (Å²) in [6.07, 6.45) is 17.4. The van der Waals surface area contributed by atoms with Crippen LogP contribution < -0.4 is 9.47 Å². The fraction of sp³-hybridized carbons (Fsp3) is 0.537. The normalized spacial score (nSPS) is 12.2. The number of Topliss-reactive ketones (excluding diaryl/α,β-unsaturated/α-hetero) is 1. The zero-order valence-electron chi connectivity index (χ0n) is 28.7. The standard InChI is InChI=1S/C41H58O5/c1-4-5-6-7-8-9-10-11-12-13-14-15-19-22-37(42)27-28-38(43)33-46-41(34-20-17-16-18-21-34,35-23-29-39(44-2)30-24-35)36-25-31-40(45-3)32-26-36/h16-18,20-21,23-26,29-32,38,43H,4-15,19,22,27-28,33H2,1-3H3. The van der Waals surface area contributed by atoms with Crippen molar-refractivity contribution in [3.05, 3.63) is 95.6 Å². The predicted molar refractivity (Wildman–Crippen MR) is 189 cm³/mol. The molecule has 0 bridgehead atoms. The van der Waals surface area contributed by atoms with E-state index in [0.717, 1.165) is 41.0 Å². The highest BCUT2D eigenvalue weighted by Gasteiger charge is 2.38. The lowest BCUT2D eigenvalue weighted by Crippen LogP contribution is -2.36. The number of ketones is 1. The van der Waals surface area contributed by atoms with Crippen molar-refractivity contribution in [2.45, 2.75) is 121 Å². The maximum Gasteiger partial charge on any atom is 0.143 e. The number of aliphatic hydroxyl groups excluding tert-OH is 1. The van der Waals surface area contributed by atoms with Gasteiger partial charge < -0.3 is 19.3 Å². The largest absolute Gasteiger partial charge is 0.497 e. The first-order valence-electron chi connectivity index (χ1n) is 17.7. The monoisotopic (exact) mass is 630 g/mol. The molecule has 5 heteroatoms. The van der Waals surface area contributed by atoms with E-state index in [1.54, 1.807) is 14.2 Å². The Morgan fingerprint density at radius 3 is 1.50 bits per heavy atom. The second-order valence-electron chi connectivity index (χ2n) is 12.5. The van der Waals surface area contributed by atoms with Gasteiger partial charge in [-0.15, -0.1) is 0 Å². The third-order valence-electron chi connectivity index (χ3n) is 8.98. The van der Waals surface area contributed by atoms with Gasteiger partial charge in [-0.25, -0.2) is 0 Å². The fourth-order valence-electron chi connectivity index (χ4n) is 6.17. The summed E-state index contributed by atoms with van der Waals surface area (Å²) >= 11 is 0. The minimum Gasteiger partial charge on any atom is -0.497 e. The summed E-state index contributed by atoms with van der Waals surface area (Å²) < 4.78 is 17.6. The van der Waals surface area contributed by atoms with Crippen LogP contribution in [0.4, 0.5) is 0 Å². The third-order valence-corrected chi connectivity index (χ3v) is 8.98. The topological polar surface area (TPSA) is 65.0 Å². The molecule has 3 aromatic rings. The van der Waals surface area contributed by atoms with Gasteiger partial charge >= 0.3 is 0 Å². The smallest absolute Gasteiger partial charge is 0.143 e. The van der Waals surface area contributed by atoms with Crippen LogP contribution in [0.15, 0.2) is 78.9 Å². The van der Waals surface area contributed by atoms with Gasteiger partial charge in [-0.3, -0.25) is 4.79 Å². The number of rotatable bonds is 25. The predicted octanol–water partition coefficient (Wildman–Crippen LogP) is 10.2. The van der Waals surface area contributed by atoms with Crippen LogP contribution in [0, 0.1) is 0 Å². The van der Waals surface area contributed by atoms with Crippen LogP contribution in [0.5, 0.6) is 11.5 Å². The second-order valence-corrected chi connectivity index (χ2v) is 12.5. The van der Waals surface area contributed by atoms with Crippen molar-refractivity contribution in [1.82, 2.24) is 0 Å². The van der Waals surface area contributed by atoms with Crippen LogP contribution in [0.3, 0.4) is 0 Å². The molecular weight excluding hydrogens is 572 g/mol. The molecule has 0 aliphatic heterocycles. The highest BCUT2D eigenvalue weighted by molar-refractivity contribution is 5.78. The van der Waals surface area contributed by atoms with Crippen molar-refractivity contribution in [3.63, 3.8) is 0 Å². The van der Waals surface area contributed by atoms with Gasteiger partial charge in [-0.1, -0.05) is 139 Å². The van der Waals surface area contributed by atoms with Gasteiger partial charge in [0.2, 0.25) is 0 Å². The molecule has 0 fully saturated rings. The SMILES string of the molecule is CCCCCCCCCCCCCCCC(=O)CCC(O)COC(c1ccccc1)(c1ccc(OC)cc1)c1ccc(OC)cc1. The van der Waals surface area contributed by atoms with E-state index in [2.05, 4.69) is 6.92 Å². The fourth-order valence-corrected chi connectivity index (χ4v) is 6.17. The van der Waals surface area contributed by atoms with Crippen LogP contribution in [0.1, 0.15) is 126 Å². The number of carbonyl (C=O) groups is 1. The summed E-state index contributed by atoms with van der Waals surface area (Å²) in [5.74, 6) is 1.73. The summed E-state index contributed by atoms with van der Waals surface area (Å²) in [6, 6.07) is 25.7. The molecular formula is C41H58O5. The van der Waals surface area contributed by atoms with Gasteiger partial charge in [-0.05, 0) is 53.8 Å². The second kappa shape index (κ2) is 21.6. The van der Waals surface area contributed by atoms with Gasteiger partial charge in [0.25, 0.3) is 0 Å². The van der Waals surface area contributed by atoms with Crippen molar-refractivity contribution < 1.29 is 24.1 Å². The molecule has 0 aromatic heterocycles. The van der Waals surface area contributed by atoms with Crippen molar-refractivity contribution in [2.75, 3.05) is 20.8 Å². The van der Waals surface area contributed by atoms with Crippen molar-refractivity contribution in [2.24, 2.45) is 0 Å². The Kier molecular flexibility index (Phi) is 17.5. The lowest BCUT2D eigenvalue weighted by atomic mass is 9.80. The third kappa shape index (κ3) is 12.2. The molecule has 0 aliphatic rings. The first-order chi connectivity index (χ1) is 22.5. The number of ether oxygens (including phenoxy) is 3. The van der Waals surface area contributed by atoms with Gasteiger partial charge in [0.05, 0.1) is 26.9 Å². The molecule has 0 spiro atoms. The summed E-state index contributed by atoms with van der Waals surface area (Å²) in [5, 5.41) is 11.0. The zero-order chi connectivity index (χ0) is 32.9. The molecule has 1 N–H and O–H groups in total. The first kappa shape index (κ1) is 37.3. The molecule has 1 atom stereocenters. The van der Waals surface area contributed by atoms with Gasteiger partial charge in [0.1, 0.15) is 22.9 Å². The summed E-state index contributed by atoms with van der Waals surface area (Å²) in [5.41, 5.74) is 1.78. The lowest BCUT2D eigenvalue weighted by molar-refractivity contribution is -0.120. The van der Waals surface area contributed by atoms with Crippen molar-refractivity contribution >= 4 is 5.78 Å². The number of aliphatic hydroxyl groups is 1. The molecule has 0 heterocycles. The minimum atomic E-state index is -0.987. The molecule has 0 aliphatic carbocycles. The number of unbranched alkanes of at least 4 members (excludes halogenated alkanes) is 12. The van der Waals surface area contributed by atoms with Crippen molar-refractivity contribution in [3.8, 4) is 11.5 Å². The average Bonchev–Trinajstić information content (AvgIpc) is 3.10. The van der Waals surface area contributed by atoms with E-state index in [0.29, 0.717) is 19.3 Å². The number of methoxy groups -OCH3 is 2. The van der Waals surface area contributed by atoms with Gasteiger partial charge in [0.15, 0.2) is 0 Å². The molecule has 5 nitrogen and oxygen atoms in total. The molecule has 46 heavy (non-hydrogen) atoms. The quantitative estimate of drug-likeness (QED) is 0.0745. The number of carbonyl (C=O) groups excluding carboxylic acids is 1. The first-order valence-corrected chi connectivity index (χ1v) is 17.7. The summed E-state index contributed by atoms with van der Waals surface area (Å²) in [6.45, 7) is 2.35. The highest BCUT2D eigenvalue weighted by Crippen LogP contribution is 2.41. The van der Waals surface area contributed by atoms with Gasteiger partial charge in [0, 0.05) is 12.8 Å². The summed E-state index contributed by atoms with van der Waals surface area (Å²) in [7, 11) is 3.30. The van der Waals surface area contributed by atoms with E-state index in [1.807, 2.05) is 78.9 Å². The molecule has 3 rings (SSSR count). The Bertz CT molecular complexity index is 1160. The number of hydrogen-bond donors (Lipinski definition) is 1. The van der Waals surface area contributed by atoms with Crippen LogP contribution in [-0.2, 0) is 15.1 Å². The average molecular weight is 631 g/mol. The van der Waals surface area contributed by atoms with E-state index in [1.165, 1.54) is 70.6 Å². The Labute approximate surface area is 278 Å². The molecule has 3 aromatic carbocycles. The Balaban J connectivity index is 1.50. The van der Waals surface area contributed by atoms with E-state index in [9.17, 15) is 9.90 Å². The molecule has 0 saturated heterocycles. The van der Waals surface area contributed by atoms with Crippen LogP contribution >= 0.6 is 0 Å². The molecule has 0 radical (unpaired) electrons. The number of benzene rings is 3. The number of hydrogen-bond acceptors (Lipinski definition) is 5. The molecule has 1 unspecified atom stereocenters. The van der Waals surface area contributed by atoms with Crippen LogP contribution in [-0.4, -0.2) is 37.8 Å². The molecule has 0 amide bonds. The van der Waals surface area contributed by atoms with E-state index in [4.69, 9.17) is 14.2 Å². The Hall–Kier alpha value is -3.15. The maximum atomic E-state index is 12.7. The summed E-state index contributed by atoms with van der Waals surface area (Å²) in [4.78, 5) is 12.7. The zero-order valence-corrected chi connectivity index (χ0v) is 28.7. The maximum absolute atomic E-state index is 12.7. The van der Waals surface area contributed by atoms with E-state index < -0.39 is 11.7 Å². The van der Waals surface area contributed by atoms with E-state index in [-0.39, 0.29) is 12.4 Å². The van der Waals surface area contributed by atoms with E-state index >= 15 is 0 Å². The van der Waals surface area contributed by atoms with Crippen LogP contribution in [0.2, 0.25) is 0 Å². The van der Waals surface area contributed by atoms with Crippen molar-refractivity contribution in [1.29, 1.82) is 0 Å². The minimum absolute atomic E-state index is 0.0823. The molecule has 0 saturated carbocycles.